The molecule has 27 heavy (non-hydrogen) atoms. The standard InChI is InChI=1S/C23H24N4/c1-15-13-27-14-22(25-16(2)23(27)24-15)19-9-11-21-18(12-19)8-10-20(26-21)17-6-4-3-5-7-17/h8-14,17H,3-7H2,1-2H3. The van der Waals surface area contributed by atoms with E-state index in [0.717, 1.165) is 33.8 Å². The zero-order valence-electron chi connectivity index (χ0n) is 15.9. The molecule has 1 aliphatic carbocycles. The maximum Gasteiger partial charge on any atom is 0.158 e. The molecular weight excluding hydrogens is 332 g/mol. The van der Waals surface area contributed by atoms with Gasteiger partial charge in [0, 0.05) is 35.0 Å². The molecule has 3 aromatic heterocycles. The Kier molecular flexibility index (Phi) is 3.92. The summed E-state index contributed by atoms with van der Waals surface area (Å²) in [5, 5.41) is 1.17. The van der Waals surface area contributed by atoms with Crippen LogP contribution in [0.5, 0.6) is 0 Å². The van der Waals surface area contributed by atoms with Gasteiger partial charge in [0.05, 0.1) is 22.6 Å². The Morgan fingerprint density at radius 2 is 1.74 bits per heavy atom. The summed E-state index contributed by atoms with van der Waals surface area (Å²) in [5.41, 5.74) is 7.32. The van der Waals surface area contributed by atoms with E-state index in [0.29, 0.717) is 5.92 Å². The minimum Gasteiger partial charge on any atom is -0.303 e. The number of aromatic nitrogens is 4. The van der Waals surface area contributed by atoms with E-state index in [2.05, 4.69) is 45.9 Å². The van der Waals surface area contributed by atoms with Crippen LogP contribution in [0.15, 0.2) is 42.7 Å². The zero-order chi connectivity index (χ0) is 18.4. The Labute approximate surface area is 159 Å². The molecule has 1 aromatic carbocycles. The highest BCUT2D eigenvalue weighted by Gasteiger charge is 2.17. The maximum atomic E-state index is 4.97. The topological polar surface area (TPSA) is 43.1 Å². The van der Waals surface area contributed by atoms with Gasteiger partial charge in [-0.25, -0.2) is 9.97 Å². The lowest BCUT2D eigenvalue weighted by Gasteiger charge is -2.21. The normalized spacial score (nSPS) is 15.6. The van der Waals surface area contributed by atoms with Crippen molar-refractivity contribution in [3.8, 4) is 11.3 Å². The lowest BCUT2D eigenvalue weighted by atomic mass is 9.86. The van der Waals surface area contributed by atoms with Crippen molar-refractivity contribution in [3.63, 3.8) is 0 Å². The van der Waals surface area contributed by atoms with Gasteiger partial charge in [0.1, 0.15) is 0 Å². The van der Waals surface area contributed by atoms with E-state index in [1.165, 1.54) is 43.2 Å². The first-order valence-corrected chi connectivity index (χ1v) is 9.91. The summed E-state index contributed by atoms with van der Waals surface area (Å²) in [6.45, 7) is 4.03. The third-order valence-corrected chi connectivity index (χ3v) is 5.76. The van der Waals surface area contributed by atoms with E-state index < -0.39 is 0 Å². The predicted octanol–water partition coefficient (Wildman–Crippen LogP) is 5.61. The second-order valence-electron chi connectivity index (χ2n) is 7.80. The van der Waals surface area contributed by atoms with Crippen LogP contribution in [0.2, 0.25) is 0 Å². The van der Waals surface area contributed by atoms with E-state index in [1.807, 2.05) is 20.0 Å². The molecule has 0 N–H and O–H groups in total. The largest absolute Gasteiger partial charge is 0.303 e. The number of pyridine rings is 1. The fraction of sp³-hybridized carbons (Fsp3) is 0.348. The van der Waals surface area contributed by atoms with Crippen molar-refractivity contribution in [2.24, 2.45) is 0 Å². The summed E-state index contributed by atoms with van der Waals surface area (Å²) in [7, 11) is 0. The molecule has 0 radical (unpaired) electrons. The highest BCUT2D eigenvalue weighted by Crippen LogP contribution is 2.33. The van der Waals surface area contributed by atoms with Crippen molar-refractivity contribution in [2.75, 3.05) is 0 Å². The van der Waals surface area contributed by atoms with Gasteiger partial charge in [-0.05, 0) is 44.9 Å². The molecule has 1 fully saturated rings. The average molecular weight is 356 g/mol. The van der Waals surface area contributed by atoms with Crippen LogP contribution in [0.1, 0.15) is 55.1 Å². The first-order chi connectivity index (χ1) is 13.2. The second kappa shape index (κ2) is 6.45. The lowest BCUT2D eigenvalue weighted by molar-refractivity contribution is 0.437. The minimum absolute atomic E-state index is 0.638. The van der Waals surface area contributed by atoms with Crippen LogP contribution >= 0.6 is 0 Å². The fourth-order valence-corrected chi connectivity index (χ4v) is 4.34. The number of aryl methyl sites for hydroxylation is 2. The monoisotopic (exact) mass is 356 g/mol. The average Bonchev–Trinajstić information content (AvgIpc) is 3.09. The van der Waals surface area contributed by atoms with Gasteiger partial charge in [0.2, 0.25) is 0 Å². The predicted molar refractivity (Wildman–Crippen MR) is 109 cm³/mol. The highest BCUT2D eigenvalue weighted by molar-refractivity contribution is 5.84. The molecule has 1 saturated carbocycles. The second-order valence-corrected chi connectivity index (χ2v) is 7.80. The van der Waals surface area contributed by atoms with Gasteiger partial charge in [-0.1, -0.05) is 31.4 Å². The molecule has 0 unspecified atom stereocenters. The Hall–Kier alpha value is -2.75. The van der Waals surface area contributed by atoms with Crippen molar-refractivity contribution in [3.05, 3.63) is 59.8 Å². The van der Waals surface area contributed by atoms with Crippen molar-refractivity contribution >= 4 is 16.6 Å². The van der Waals surface area contributed by atoms with Crippen molar-refractivity contribution in [2.45, 2.75) is 51.9 Å². The number of benzene rings is 1. The SMILES string of the molecule is Cc1cn2cc(-c3ccc4nc(C5CCCCC5)ccc4c3)nc(C)c2n1. The van der Waals surface area contributed by atoms with Crippen LogP contribution in [0, 0.1) is 13.8 Å². The summed E-state index contributed by atoms with van der Waals surface area (Å²) >= 11 is 0. The molecule has 0 bridgehead atoms. The van der Waals surface area contributed by atoms with Gasteiger partial charge in [-0.3, -0.25) is 4.98 Å². The molecule has 0 aliphatic heterocycles. The first-order valence-electron chi connectivity index (χ1n) is 9.91. The van der Waals surface area contributed by atoms with Gasteiger partial charge in [-0.15, -0.1) is 0 Å². The number of hydrogen-bond acceptors (Lipinski definition) is 3. The molecule has 0 spiro atoms. The number of fused-ring (bicyclic) bond motifs is 2. The maximum absolute atomic E-state index is 4.97. The van der Waals surface area contributed by atoms with Gasteiger partial charge in [0.15, 0.2) is 5.65 Å². The molecule has 4 aromatic rings. The molecule has 136 valence electrons. The first kappa shape index (κ1) is 16.4. The van der Waals surface area contributed by atoms with Gasteiger partial charge >= 0.3 is 0 Å². The third-order valence-electron chi connectivity index (χ3n) is 5.76. The van der Waals surface area contributed by atoms with E-state index in [4.69, 9.17) is 9.97 Å². The van der Waals surface area contributed by atoms with Crippen LogP contribution in [0.4, 0.5) is 0 Å². The van der Waals surface area contributed by atoms with Gasteiger partial charge < -0.3 is 4.40 Å². The summed E-state index contributed by atoms with van der Waals surface area (Å²) in [4.78, 5) is 14.3. The van der Waals surface area contributed by atoms with E-state index in [1.54, 1.807) is 0 Å². The van der Waals surface area contributed by atoms with Gasteiger partial charge in [-0.2, -0.15) is 0 Å². The Morgan fingerprint density at radius 1 is 0.889 bits per heavy atom. The van der Waals surface area contributed by atoms with E-state index in [9.17, 15) is 0 Å². The zero-order valence-corrected chi connectivity index (χ0v) is 15.9. The summed E-state index contributed by atoms with van der Waals surface area (Å²) in [6, 6.07) is 10.9. The molecule has 0 atom stereocenters. The number of nitrogens with zero attached hydrogens (tertiary/aromatic N) is 4. The Balaban J connectivity index is 1.54. The molecular formula is C23H24N4. The van der Waals surface area contributed by atoms with Crippen molar-refractivity contribution in [1.82, 2.24) is 19.4 Å². The molecule has 0 saturated heterocycles. The van der Waals surface area contributed by atoms with Crippen LogP contribution in [-0.4, -0.2) is 19.4 Å². The molecule has 4 heteroatoms. The van der Waals surface area contributed by atoms with Crippen LogP contribution in [0.3, 0.4) is 0 Å². The summed E-state index contributed by atoms with van der Waals surface area (Å²) < 4.78 is 2.07. The van der Waals surface area contributed by atoms with Crippen LogP contribution in [-0.2, 0) is 0 Å². The summed E-state index contributed by atoms with van der Waals surface area (Å²) in [5.74, 6) is 0.638. The highest BCUT2D eigenvalue weighted by atomic mass is 15.0. The molecule has 1 aliphatic rings. The van der Waals surface area contributed by atoms with Gasteiger partial charge in [0.25, 0.3) is 0 Å². The number of hydrogen-bond donors (Lipinski definition) is 0. The summed E-state index contributed by atoms with van der Waals surface area (Å²) in [6.07, 6.45) is 10.7. The van der Waals surface area contributed by atoms with Crippen molar-refractivity contribution < 1.29 is 0 Å². The molecule has 5 rings (SSSR count). The fourth-order valence-electron chi connectivity index (χ4n) is 4.34. The van der Waals surface area contributed by atoms with E-state index >= 15 is 0 Å². The quantitative estimate of drug-likeness (QED) is 0.469. The Morgan fingerprint density at radius 3 is 2.59 bits per heavy atom. The van der Waals surface area contributed by atoms with Crippen molar-refractivity contribution in [1.29, 1.82) is 0 Å². The van der Waals surface area contributed by atoms with Crippen LogP contribution < -0.4 is 0 Å². The molecule has 0 amide bonds. The third kappa shape index (κ3) is 2.99. The number of rotatable bonds is 2. The minimum atomic E-state index is 0.638. The molecule has 3 heterocycles. The molecule has 4 nitrogen and oxygen atoms in total. The Bertz CT molecular complexity index is 1140. The van der Waals surface area contributed by atoms with Crippen LogP contribution in [0.25, 0.3) is 27.8 Å². The lowest BCUT2D eigenvalue weighted by Crippen LogP contribution is -2.06. The number of imidazole rings is 1. The smallest absolute Gasteiger partial charge is 0.158 e. The van der Waals surface area contributed by atoms with E-state index in [-0.39, 0.29) is 0 Å².